The molecule has 15 heavy (non-hydrogen) atoms. The van der Waals surface area contributed by atoms with Crippen molar-refractivity contribution in [2.24, 2.45) is 0 Å². The number of allylic oxidation sites excluding steroid dienone is 1. The molecule has 0 saturated heterocycles. The van der Waals surface area contributed by atoms with Crippen LogP contribution in [0.2, 0.25) is 0 Å². The molecule has 0 aromatic heterocycles. The molecule has 0 atom stereocenters. The van der Waals surface area contributed by atoms with E-state index in [0.29, 0.717) is 12.0 Å². The summed E-state index contributed by atoms with van der Waals surface area (Å²) in [7, 11) is 0. The second-order valence-electron chi connectivity index (χ2n) is 3.51. The number of carboxylic acid groups (broad SMARTS) is 1. The fraction of sp³-hybridized carbons (Fsp3) is 0.250. The molecule has 0 bridgehead atoms. The highest BCUT2D eigenvalue weighted by Crippen LogP contribution is 2.15. The molecule has 1 aromatic carbocycles. The van der Waals surface area contributed by atoms with Gasteiger partial charge in [0.05, 0.1) is 0 Å². The maximum atomic E-state index is 10.7. The molecule has 0 saturated carbocycles. The van der Waals surface area contributed by atoms with Crippen molar-refractivity contribution in [2.75, 3.05) is 0 Å². The van der Waals surface area contributed by atoms with Gasteiger partial charge in [-0.25, -0.2) is 4.79 Å². The highest BCUT2D eigenvalue weighted by atomic mass is 79.9. The SMILES string of the molecule is C/C(Cc1ccc(Br)cc1)=C(/C)C(=O)O. The molecular formula is C12H13BrO2. The summed E-state index contributed by atoms with van der Waals surface area (Å²) in [5, 5.41) is 8.81. The lowest BCUT2D eigenvalue weighted by molar-refractivity contribution is -0.132. The number of carboxylic acids is 1. The summed E-state index contributed by atoms with van der Waals surface area (Å²) < 4.78 is 1.03. The Kier molecular flexibility index (Phi) is 4.09. The lowest BCUT2D eigenvalue weighted by atomic mass is 10.0. The predicted molar refractivity (Wildman–Crippen MR) is 63.9 cm³/mol. The zero-order valence-corrected chi connectivity index (χ0v) is 10.3. The Balaban J connectivity index is 2.83. The van der Waals surface area contributed by atoms with Crippen LogP contribution in [-0.4, -0.2) is 11.1 Å². The van der Waals surface area contributed by atoms with Crippen LogP contribution in [0, 0.1) is 0 Å². The standard InChI is InChI=1S/C12H13BrO2/c1-8(9(2)12(14)15)7-10-3-5-11(13)6-4-10/h3-6H,7H2,1-2H3,(H,14,15)/b9-8+. The Labute approximate surface area is 97.8 Å². The lowest BCUT2D eigenvalue weighted by Crippen LogP contribution is -2.01. The van der Waals surface area contributed by atoms with Crippen molar-refractivity contribution >= 4 is 21.9 Å². The van der Waals surface area contributed by atoms with Crippen molar-refractivity contribution in [3.63, 3.8) is 0 Å². The Morgan fingerprint density at radius 1 is 1.27 bits per heavy atom. The molecule has 0 radical (unpaired) electrons. The Morgan fingerprint density at radius 2 is 1.80 bits per heavy atom. The molecule has 0 unspecified atom stereocenters. The molecule has 1 rings (SSSR count). The van der Waals surface area contributed by atoms with Gasteiger partial charge in [0.25, 0.3) is 0 Å². The van der Waals surface area contributed by atoms with Gasteiger partial charge in [-0.15, -0.1) is 0 Å². The van der Waals surface area contributed by atoms with Crippen LogP contribution in [0.5, 0.6) is 0 Å². The smallest absolute Gasteiger partial charge is 0.331 e. The van der Waals surface area contributed by atoms with E-state index in [4.69, 9.17) is 5.11 Å². The number of halogens is 1. The first kappa shape index (κ1) is 12.0. The first-order chi connectivity index (χ1) is 7.00. The van der Waals surface area contributed by atoms with Gasteiger partial charge in [0, 0.05) is 10.0 Å². The summed E-state index contributed by atoms with van der Waals surface area (Å²) in [4.78, 5) is 10.7. The minimum absolute atomic E-state index is 0.429. The van der Waals surface area contributed by atoms with Crippen molar-refractivity contribution in [1.29, 1.82) is 0 Å². The van der Waals surface area contributed by atoms with Crippen molar-refractivity contribution in [3.05, 3.63) is 45.4 Å². The van der Waals surface area contributed by atoms with Gasteiger partial charge >= 0.3 is 5.97 Å². The Morgan fingerprint density at radius 3 is 2.27 bits per heavy atom. The van der Waals surface area contributed by atoms with Crippen LogP contribution in [0.15, 0.2) is 39.9 Å². The quantitative estimate of drug-likeness (QED) is 0.854. The van der Waals surface area contributed by atoms with E-state index in [9.17, 15) is 4.79 Å². The number of aliphatic carboxylic acids is 1. The second kappa shape index (κ2) is 5.12. The van der Waals surface area contributed by atoms with E-state index < -0.39 is 5.97 Å². The first-order valence-electron chi connectivity index (χ1n) is 4.65. The third-order valence-electron chi connectivity index (χ3n) is 2.34. The summed E-state index contributed by atoms with van der Waals surface area (Å²) in [5.74, 6) is -0.843. The minimum atomic E-state index is -0.843. The molecule has 1 N–H and O–H groups in total. The number of rotatable bonds is 3. The van der Waals surface area contributed by atoms with Crippen LogP contribution >= 0.6 is 15.9 Å². The summed E-state index contributed by atoms with van der Waals surface area (Å²) >= 11 is 3.36. The van der Waals surface area contributed by atoms with Crippen molar-refractivity contribution in [1.82, 2.24) is 0 Å². The Hall–Kier alpha value is -1.09. The van der Waals surface area contributed by atoms with E-state index >= 15 is 0 Å². The Bertz CT molecular complexity index is 391. The van der Waals surface area contributed by atoms with E-state index in [1.165, 1.54) is 0 Å². The van der Waals surface area contributed by atoms with Crippen molar-refractivity contribution in [3.8, 4) is 0 Å². The van der Waals surface area contributed by atoms with Crippen LogP contribution < -0.4 is 0 Å². The zero-order valence-electron chi connectivity index (χ0n) is 8.75. The van der Waals surface area contributed by atoms with Crippen LogP contribution in [0.25, 0.3) is 0 Å². The fourth-order valence-corrected chi connectivity index (χ4v) is 1.49. The fourth-order valence-electron chi connectivity index (χ4n) is 1.22. The number of hydrogen-bond acceptors (Lipinski definition) is 1. The van der Waals surface area contributed by atoms with Gasteiger partial charge in [-0.1, -0.05) is 33.6 Å². The number of carbonyl (C=O) groups is 1. The molecule has 0 spiro atoms. The molecule has 0 amide bonds. The molecule has 2 nitrogen and oxygen atoms in total. The summed E-state index contributed by atoms with van der Waals surface area (Å²) in [6.07, 6.45) is 0.686. The molecule has 0 aliphatic rings. The average Bonchev–Trinajstić information content (AvgIpc) is 2.20. The molecule has 0 aliphatic carbocycles. The molecule has 3 heteroatoms. The second-order valence-corrected chi connectivity index (χ2v) is 4.43. The van der Waals surface area contributed by atoms with Gasteiger partial charge < -0.3 is 5.11 Å². The normalized spacial score (nSPS) is 12.2. The van der Waals surface area contributed by atoms with Gasteiger partial charge in [0.1, 0.15) is 0 Å². The van der Waals surface area contributed by atoms with E-state index in [0.717, 1.165) is 15.6 Å². The first-order valence-corrected chi connectivity index (χ1v) is 5.44. The topological polar surface area (TPSA) is 37.3 Å². The van der Waals surface area contributed by atoms with Crippen molar-refractivity contribution < 1.29 is 9.90 Å². The highest BCUT2D eigenvalue weighted by Gasteiger charge is 2.05. The van der Waals surface area contributed by atoms with Gasteiger partial charge in [0.15, 0.2) is 0 Å². The number of benzene rings is 1. The maximum Gasteiger partial charge on any atom is 0.331 e. The molecular weight excluding hydrogens is 256 g/mol. The molecule has 0 fully saturated rings. The van der Waals surface area contributed by atoms with E-state index in [2.05, 4.69) is 15.9 Å². The van der Waals surface area contributed by atoms with E-state index in [-0.39, 0.29) is 0 Å². The molecule has 1 aromatic rings. The number of hydrogen-bond donors (Lipinski definition) is 1. The largest absolute Gasteiger partial charge is 0.478 e. The maximum absolute atomic E-state index is 10.7. The highest BCUT2D eigenvalue weighted by molar-refractivity contribution is 9.10. The van der Waals surface area contributed by atoms with Crippen LogP contribution in [-0.2, 0) is 11.2 Å². The average molecular weight is 269 g/mol. The van der Waals surface area contributed by atoms with Crippen LogP contribution in [0.3, 0.4) is 0 Å². The predicted octanol–water partition coefficient (Wildman–Crippen LogP) is 3.41. The van der Waals surface area contributed by atoms with E-state index in [1.54, 1.807) is 6.92 Å². The molecule has 0 heterocycles. The van der Waals surface area contributed by atoms with Gasteiger partial charge in [0.2, 0.25) is 0 Å². The molecule has 0 aliphatic heterocycles. The zero-order chi connectivity index (χ0) is 11.4. The van der Waals surface area contributed by atoms with Gasteiger partial charge in [-0.2, -0.15) is 0 Å². The monoisotopic (exact) mass is 268 g/mol. The summed E-state index contributed by atoms with van der Waals surface area (Å²) in [6.45, 7) is 3.49. The lowest BCUT2D eigenvalue weighted by Gasteiger charge is -2.04. The summed E-state index contributed by atoms with van der Waals surface area (Å²) in [6, 6.07) is 7.89. The van der Waals surface area contributed by atoms with Gasteiger partial charge in [-0.3, -0.25) is 0 Å². The van der Waals surface area contributed by atoms with Crippen LogP contribution in [0.1, 0.15) is 19.4 Å². The third-order valence-corrected chi connectivity index (χ3v) is 2.87. The third kappa shape index (κ3) is 3.51. The van der Waals surface area contributed by atoms with Crippen molar-refractivity contribution in [2.45, 2.75) is 20.3 Å². The molecule has 80 valence electrons. The van der Waals surface area contributed by atoms with Crippen LogP contribution in [0.4, 0.5) is 0 Å². The van der Waals surface area contributed by atoms with E-state index in [1.807, 2.05) is 31.2 Å². The summed E-state index contributed by atoms with van der Waals surface area (Å²) in [5.41, 5.74) is 2.44. The minimum Gasteiger partial charge on any atom is -0.478 e. The van der Waals surface area contributed by atoms with Gasteiger partial charge in [-0.05, 0) is 38.0 Å².